The number of nitrogens with one attached hydrogen (secondary N) is 1. The molecule has 1 N–H and O–H groups in total. The molecule has 1 aromatic carbocycles. The van der Waals surface area contributed by atoms with Crippen LogP contribution >= 0.6 is 33.9 Å². The van der Waals surface area contributed by atoms with Crippen LogP contribution in [0.3, 0.4) is 0 Å². The topological polar surface area (TPSA) is 29.1 Å². The quantitative estimate of drug-likeness (QED) is 0.804. The van der Waals surface area contributed by atoms with Gasteiger partial charge in [0.1, 0.15) is 5.82 Å². The number of rotatable bonds is 2. The van der Waals surface area contributed by atoms with Crippen molar-refractivity contribution in [1.29, 1.82) is 0 Å². The standard InChI is InChI=1S/C12H9FINOS/c1-7-2-5-11(17-7)12(16)15-10-4-3-8(13)6-9(10)14/h2-6H,1H3,(H,15,16). The van der Waals surface area contributed by atoms with Crippen LogP contribution in [0.25, 0.3) is 0 Å². The number of amides is 1. The molecule has 0 aliphatic heterocycles. The predicted molar refractivity (Wildman–Crippen MR) is 76.1 cm³/mol. The maximum absolute atomic E-state index is 12.9. The molecular weight excluding hydrogens is 352 g/mol. The molecule has 2 rings (SSSR count). The number of benzene rings is 1. The molecule has 0 radical (unpaired) electrons. The fourth-order valence-corrected chi connectivity index (χ4v) is 2.71. The van der Waals surface area contributed by atoms with Gasteiger partial charge in [0.05, 0.1) is 10.6 Å². The van der Waals surface area contributed by atoms with E-state index in [4.69, 9.17) is 0 Å². The van der Waals surface area contributed by atoms with Crippen LogP contribution in [-0.2, 0) is 0 Å². The second-order valence-corrected chi connectivity index (χ2v) is 5.94. The van der Waals surface area contributed by atoms with Crippen LogP contribution in [0, 0.1) is 16.3 Å². The Kier molecular flexibility index (Phi) is 3.78. The third kappa shape index (κ3) is 3.04. The first-order valence-corrected chi connectivity index (χ1v) is 6.78. The molecule has 88 valence electrons. The van der Waals surface area contributed by atoms with E-state index in [0.717, 1.165) is 4.88 Å². The first-order chi connectivity index (χ1) is 8.06. The SMILES string of the molecule is Cc1ccc(C(=O)Nc2ccc(F)cc2I)s1. The molecule has 0 saturated heterocycles. The molecule has 17 heavy (non-hydrogen) atoms. The lowest BCUT2D eigenvalue weighted by molar-refractivity contribution is 0.103. The first-order valence-electron chi connectivity index (χ1n) is 4.89. The Balaban J connectivity index is 2.18. The van der Waals surface area contributed by atoms with Crippen LogP contribution < -0.4 is 5.32 Å². The van der Waals surface area contributed by atoms with Gasteiger partial charge in [0.15, 0.2) is 0 Å². The van der Waals surface area contributed by atoms with Gasteiger partial charge in [0.2, 0.25) is 0 Å². The van der Waals surface area contributed by atoms with E-state index in [1.54, 1.807) is 12.1 Å². The normalized spacial score (nSPS) is 10.3. The third-order valence-corrected chi connectivity index (χ3v) is 4.04. The van der Waals surface area contributed by atoms with E-state index in [1.807, 2.05) is 35.6 Å². The van der Waals surface area contributed by atoms with Crippen molar-refractivity contribution >= 4 is 45.5 Å². The zero-order valence-electron chi connectivity index (χ0n) is 8.96. The second-order valence-electron chi connectivity index (χ2n) is 3.49. The van der Waals surface area contributed by atoms with E-state index >= 15 is 0 Å². The van der Waals surface area contributed by atoms with Gasteiger partial charge in [-0.1, -0.05) is 0 Å². The Morgan fingerprint density at radius 1 is 1.35 bits per heavy atom. The summed E-state index contributed by atoms with van der Waals surface area (Å²) in [6.07, 6.45) is 0. The number of carbonyl (C=O) groups is 1. The average molecular weight is 361 g/mol. The molecule has 1 aromatic heterocycles. The Morgan fingerprint density at radius 2 is 2.12 bits per heavy atom. The smallest absolute Gasteiger partial charge is 0.265 e. The minimum atomic E-state index is -0.306. The minimum Gasteiger partial charge on any atom is -0.320 e. The van der Waals surface area contributed by atoms with E-state index in [0.29, 0.717) is 14.1 Å². The summed E-state index contributed by atoms with van der Waals surface area (Å²) >= 11 is 3.43. The molecular formula is C12H9FINOS. The second kappa shape index (κ2) is 5.14. The number of halogens is 2. The van der Waals surface area contributed by atoms with Gasteiger partial charge in [-0.2, -0.15) is 0 Å². The number of thiophene rings is 1. The first kappa shape index (κ1) is 12.5. The highest BCUT2D eigenvalue weighted by atomic mass is 127. The summed E-state index contributed by atoms with van der Waals surface area (Å²) in [5, 5.41) is 2.76. The third-order valence-electron chi connectivity index (χ3n) is 2.14. The lowest BCUT2D eigenvalue weighted by Crippen LogP contribution is -2.11. The van der Waals surface area contributed by atoms with Crippen LogP contribution in [0.2, 0.25) is 0 Å². The van der Waals surface area contributed by atoms with Gasteiger partial charge in [0.25, 0.3) is 5.91 Å². The lowest BCUT2D eigenvalue weighted by atomic mass is 10.3. The predicted octanol–water partition coefficient (Wildman–Crippen LogP) is 4.05. The molecule has 0 bridgehead atoms. The summed E-state index contributed by atoms with van der Waals surface area (Å²) in [6.45, 7) is 1.95. The number of hydrogen-bond acceptors (Lipinski definition) is 2. The number of anilines is 1. The van der Waals surface area contributed by atoms with E-state index in [2.05, 4.69) is 5.32 Å². The zero-order chi connectivity index (χ0) is 12.4. The van der Waals surface area contributed by atoms with Crippen molar-refractivity contribution in [3.63, 3.8) is 0 Å². The van der Waals surface area contributed by atoms with Gasteiger partial charge in [-0.05, 0) is 59.8 Å². The monoisotopic (exact) mass is 361 g/mol. The van der Waals surface area contributed by atoms with Gasteiger partial charge in [-0.25, -0.2) is 4.39 Å². The summed E-state index contributed by atoms with van der Waals surface area (Å²) in [6, 6.07) is 7.96. The highest BCUT2D eigenvalue weighted by molar-refractivity contribution is 14.1. The molecule has 0 spiro atoms. The molecule has 0 aliphatic rings. The molecule has 1 heterocycles. The molecule has 0 atom stereocenters. The molecule has 1 amide bonds. The lowest BCUT2D eigenvalue weighted by Gasteiger charge is -2.05. The van der Waals surface area contributed by atoms with E-state index < -0.39 is 0 Å². The summed E-state index contributed by atoms with van der Waals surface area (Å²) in [5.41, 5.74) is 0.628. The molecule has 2 aromatic rings. The van der Waals surface area contributed by atoms with E-state index in [9.17, 15) is 9.18 Å². The minimum absolute atomic E-state index is 0.160. The Hall–Kier alpha value is -0.950. The van der Waals surface area contributed by atoms with E-state index in [-0.39, 0.29) is 11.7 Å². The highest BCUT2D eigenvalue weighted by Crippen LogP contribution is 2.21. The maximum atomic E-state index is 12.9. The average Bonchev–Trinajstić information content (AvgIpc) is 2.69. The van der Waals surface area contributed by atoms with Crippen LogP contribution in [-0.4, -0.2) is 5.91 Å². The van der Waals surface area contributed by atoms with Crippen molar-refractivity contribution in [2.24, 2.45) is 0 Å². The van der Waals surface area contributed by atoms with Crippen molar-refractivity contribution in [2.45, 2.75) is 6.92 Å². The Labute approximate surface area is 116 Å². The number of hydrogen-bond donors (Lipinski definition) is 1. The van der Waals surface area contributed by atoms with Crippen LogP contribution in [0.1, 0.15) is 14.5 Å². The molecule has 0 unspecified atom stereocenters. The summed E-state index contributed by atoms with van der Waals surface area (Å²) in [7, 11) is 0. The van der Waals surface area contributed by atoms with Gasteiger partial charge in [0, 0.05) is 8.45 Å². The van der Waals surface area contributed by atoms with Crippen molar-refractivity contribution in [1.82, 2.24) is 0 Å². The molecule has 0 fully saturated rings. The Morgan fingerprint density at radius 3 is 2.71 bits per heavy atom. The van der Waals surface area contributed by atoms with Crippen LogP contribution in [0.5, 0.6) is 0 Å². The van der Waals surface area contributed by atoms with Gasteiger partial charge in [-0.15, -0.1) is 11.3 Å². The maximum Gasteiger partial charge on any atom is 0.265 e. The number of aryl methyl sites for hydroxylation is 1. The van der Waals surface area contributed by atoms with Crippen molar-refractivity contribution in [2.75, 3.05) is 5.32 Å². The molecule has 0 aliphatic carbocycles. The fourth-order valence-electron chi connectivity index (χ4n) is 1.33. The van der Waals surface area contributed by atoms with Gasteiger partial charge in [-0.3, -0.25) is 4.79 Å². The van der Waals surface area contributed by atoms with Gasteiger partial charge < -0.3 is 5.32 Å². The fraction of sp³-hybridized carbons (Fsp3) is 0.0833. The number of carbonyl (C=O) groups excluding carboxylic acids is 1. The van der Waals surface area contributed by atoms with Crippen molar-refractivity contribution in [3.05, 3.63) is 49.5 Å². The van der Waals surface area contributed by atoms with Gasteiger partial charge >= 0.3 is 0 Å². The molecule has 5 heteroatoms. The summed E-state index contributed by atoms with van der Waals surface area (Å²) in [4.78, 5) is 13.6. The van der Waals surface area contributed by atoms with Crippen LogP contribution in [0.15, 0.2) is 30.3 Å². The summed E-state index contributed by atoms with van der Waals surface area (Å²) < 4.78 is 13.6. The Bertz CT molecular complexity index is 567. The zero-order valence-corrected chi connectivity index (χ0v) is 11.9. The van der Waals surface area contributed by atoms with Crippen LogP contribution in [0.4, 0.5) is 10.1 Å². The van der Waals surface area contributed by atoms with Crippen molar-refractivity contribution < 1.29 is 9.18 Å². The highest BCUT2D eigenvalue weighted by Gasteiger charge is 2.10. The largest absolute Gasteiger partial charge is 0.320 e. The molecule has 2 nitrogen and oxygen atoms in total. The molecule has 0 saturated carbocycles. The van der Waals surface area contributed by atoms with Crippen molar-refractivity contribution in [3.8, 4) is 0 Å². The van der Waals surface area contributed by atoms with E-state index in [1.165, 1.54) is 23.5 Å². The summed E-state index contributed by atoms with van der Waals surface area (Å²) in [5.74, 6) is -0.466.